The Morgan fingerprint density at radius 1 is 1.21 bits per heavy atom. The first-order valence-corrected chi connectivity index (χ1v) is 4.68. The molecule has 2 N–H and O–H groups in total. The highest BCUT2D eigenvalue weighted by Crippen LogP contribution is 2.09. The summed E-state index contributed by atoms with van der Waals surface area (Å²) in [5.41, 5.74) is 0.934. The highest BCUT2D eigenvalue weighted by atomic mass is 16.3. The Labute approximate surface area is 83.8 Å². The molecule has 0 aliphatic carbocycles. The van der Waals surface area contributed by atoms with Crippen molar-refractivity contribution in [2.45, 2.75) is 6.92 Å². The maximum Gasteiger partial charge on any atom is 0.128 e. The fourth-order valence-electron chi connectivity index (χ4n) is 1.29. The van der Waals surface area contributed by atoms with Gasteiger partial charge in [0.2, 0.25) is 0 Å². The molecule has 1 heterocycles. The number of anilines is 1. The van der Waals surface area contributed by atoms with Crippen LogP contribution in [0.3, 0.4) is 0 Å². The van der Waals surface area contributed by atoms with E-state index in [9.17, 15) is 0 Å². The Morgan fingerprint density at radius 2 is 1.86 bits per heavy atom. The summed E-state index contributed by atoms with van der Waals surface area (Å²) in [5.74, 6) is 0.799. The number of hydrogen-bond acceptors (Lipinski definition) is 4. The van der Waals surface area contributed by atoms with Gasteiger partial charge in [-0.2, -0.15) is 0 Å². The number of aliphatic hydroxyl groups excluding tert-OH is 2. The van der Waals surface area contributed by atoms with Gasteiger partial charge >= 0.3 is 0 Å². The summed E-state index contributed by atoms with van der Waals surface area (Å²) < 4.78 is 0. The van der Waals surface area contributed by atoms with Crippen molar-refractivity contribution in [2.75, 3.05) is 31.2 Å². The van der Waals surface area contributed by atoms with Crippen molar-refractivity contribution >= 4 is 5.82 Å². The summed E-state index contributed by atoms with van der Waals surface area (Å²) in [6.45, 7) is 3.04. The van der Waals surface area contributed by atoms with Crippen LogP contribution < -0.4 is 4.90 Å². The minimum Gasteiger partial charge on any atom is -0.395 e. The Bertz CT molecular complexity index is 273. The first kappa shape index (κ1) is 10.9. The zero-order chi connectivity index (χ0) is 10.4. The van der Waals surface area contributed by atoms with Crippen LogP contribution in [0.5, 0.6) is 0 Å². The molecule has 78 valence electrons. The normalized spacial score (nSPS) is 10.2. The van der Waals surface area contributed by atoms with Crippen LogP contribution in [0.25, 0.3) is 0 Å². The Morgan fingerprint density at radius 3 is 2.36 bits per heavy atom. The van der Waals surface area contributed by atoms with Crippen molar-refractivity contribution in [1.82, 2.24) is 4.98 Å². The van der Waals surface area contributed by atoms with E-state index in [1.54, 1.807) is 0 Å². The van der Waals surface area contributed by atoms with E-state index in [0.29, 0.717) is 13.1 Å². The molecule has 0 radical (unpaired) electrons. The van der Waals surface area contributed by atoms with Crippen LogP contribution in [0.15, 0.2) is 18.2 Å². The first-order valence-electron chi connectivity index (χ1n) is 4.68. The number of rotatable bonds is 5. The van der Waals surface area contributed by atoms with Gasteiger partial charge in [-0.15, -0.1) is 0 Å². The highest BCUT2D eigenvalue weighted by molar-refractivity contribution is 5.38. The molecule has 1 aromatic rings. The van der Waals surface area contributed by atoms with Gasteiger partial charge in [0.25, 0.3) is 0 Å². The van der Waals surface area contributed by atoms with Crippen molar-refractivity contribution in [3.8, 4) is 0 Å². The molecule has 0 fully saturated rings. The van der Waals surface area contributed by atoms with Gasteiger partial charge in [0.15, 0.2) is 0 Å². The molecule has 14 heavy (non-hydrogen) atoms. The maximum absolute atomic E-state index is 8.84. The van der Waals surface area contributed by atoms with E-state index in [0.717, 1.165) is 11.5 Å². The lowest BCUT2D eigenvalue weighted by molar-refractivity contribution is 0.280. The lowest BCUT2D eigenvalue weighted by atomic mass is 10.3. The lowest BCUT2D eigenvalue weighted by Crippen LogP contribution is -2.30. The molecule has 4 nitrogen and oxygen atoms in total. The first-order chi connectivity index (χ1) is 6.77. The second kappa shape index (κ2) is 5.57. The molecular formula is C10H16N2O2. The van der Waals surface area contributed by atoms with Crippen LogP contribution in [-0.2, 0) is 0 Å². The molecule has 0 unspecified atom stereocenters. The minimum atomic E-state index is 0.0651. The van der Waals surface area contributed by atoms with E-state index in [1.165, 1.54) is 0 Å². The summed E-state index contributed by atoms with van der Waals surface area (Å²) in [7, 11) is 0. The molecule has 0 saturated heterocycles. The number of aryl methyl sites for hydroxylation is 1. The molecule has 4 heteroatoms. The van der Waals surface area contributed by atoms with Crippen molar-refractivity contribution < 1.29 is 10.2 Å². The second-order valence-corrected chi connectivity index (χ2v) is 3.07. The number of pyridine rings is 1. The molecule has 1 rings (SSSR count). The van der Waals surface area contributed by atoms with Gasteiger partial charge < -0.3 is 15.1 Å². The fraction of sp³-hybridized carbons (Fsp3) is 0.500. The summed E-state index contributed by atoms with van der Waals surface area (Å²) in [4.78, 5) is 6.17. The summed E-state index contributed by atoms with van der Waals surface area (Å²) >= 11 is 0. The molecule has 0 spiro atoms. The molecule has 0 bridgehead atoms. The second-order valence-electron chi connectivity index (χ2n) is 3.07. The minimum absolute atomic E-state index is 0.0651. The van der Waals surface area contributed by atoms with Gasteiger partial charge in [0.05, 0.1) is 13.2 Å². The van der Waals surface area contributed by atoms with Gasteiger partial charge in [-0.05, 0) is 19.1 Å². The van der Waals surface area contributed by atoms with Gasteiger partial charge in [-0.3, -0.25) is 0 Å². The molecule has 0 amide bonds. The Hall–Kier alpha value is -1.13. The van der Waals surface area contributed by atoms with Crippen LogP contribution in [0, 0.1) is 6.92 Å². The third-order valence-corrected chi connectivity index (χ3v) is 1.94. The summed E-state index contributed by atoms with van der Waals surface area (Å²) in [5, 5.41) is 17.7. The Kier molecular flexibility index (Phi) is 4.35. The van der Waals surface area contributed by atoms with Gasteiger partial charge in [-0.1, -0.05) is 6.07 Å². The topological polar surface area (TPSA) is 56.6 Å². The largest absolute Gasteiger partial charge is 0.395 e. The average molecular weight is 196 g/mol. The monoisotopic (exact) mass is 196 g/mol. The van der Waals surface area contributed by atoms with Crippen molar-refractivity contribution in [1.29, 1.82) is 0 Å². The van der Waals surface area contributed by atoms with Gasteiger partial charge in [-0.25, -0.2) is 4.98 Å². The molecule has 0 saturated carbocycles. The Balaban J connectivity index is 2.75. The average Bonchev–Trinajstić information content (AvgIpc) is 2.17. The molecule has 0 atom stereocenters. The summed E-state index contributed by atoms with van der Waals surface area (Å²) in [6, 6.07) is 5.71. The molecule has 1 aromatic heterocycles. The number of aromatic nitrogens is 1. The van der Waals surface area contributed by atoms with E-state index >= 15 is 0 Å². The van der Waals surface area contributed by atoms with E-state index in [4.69, 9.17) is 10.2 Å². The number of nitrogens with zero attached hydrogens (tertiary/aromatic N) is 2. The van der Waals surface area contributed by atoms with Crippen LogP contribution in [0.1, 0.15) is 5.69 Å². The third kappa shape index (κ3) is 2.97. The van der Waals surface area contributed by atoms with E-state index < -0.39 is 0 Å². The molecular weight excluding hydrogens is 180 g/mol. The highest BCUT2D eigenvalue weighted by Gasteiger charge is 2.05. The zero-order valence-electron chi connectivity index (χ0n) is 8.35. The molecule has 0 aliphatic heterocycles. The smallest absolute Gasteiger partial charge is 0.128 e. The standard InChI is InChI=1S/C10H16N2O2/c1-9-3-2-4-10(11-9)12(5-7-13)6-8-14/h2-4,13-14H,5-8H2,1H3. The molecule has 0 aliphatic rings. The van der Waals surface area contributed by atoms with E-state index in [-0.39, 0.29) is 13.2 Å². The molecule has 0 aromatic carbocycles. The number of hydrogen-bond donors (Lipinski definition) is 2. The van der Waals surface area contributed by atoms with Crippen LogP contribution in [0.2, 0.25) is 0 Å². The maximum atomic E-state index is 8.84. The van der Waals surface area contributed by atoms with E-state index in [1.807, 2.05) is 30.0 Å². The summed E-state index contributed by atoms with van der Waals surface area (Å²) in [6.07, 6.45) is 0. The van der Waals surface area contributed by atoms with Gasteiger partial charge in [0, 0.05) is 18.8 Å². The van der Waals surface area contributed by atoms with Gasteiger partial charge in [0.1, 0.15) is 5.82 Å². The fourth-order valence-corrected chi connectivity index (χ4v) is 1.29. The van der Waals surface area contributed by atoms with Crippen molar-refractivity contribution in [3.05, 3.63) is 23.9 Å². The van der Waals surface area contributed by atoms with Crippen LogP contribution in [0.4, 0.5) is 5.82 Å². The third-order valence-electron chi connectivity index (χ3n) is 1.94. The predicted molar refractivity (Wildman–Crippen MR) is 55.4 cm³/mol. The van der Waals surface area contributed by atoms with Crippen LogP contribution >= 0.6 is 0 Å². The quantitative estimate of drug-likeness (QED) is 0.705. The van der Waals surface area contributed by atoms with Crippen molar-refractivity contribution in [2.24, 2.45) is 0 Å². The lowest BCUT2D eigenvalue weighted by Gasteiger charge is -2.21. The van der Waals surface area contributed by atoms with Crippen molar-refractivity contribution in [3.63, 3.8) is 0 Å². The van der Waals surface area contributed by atoms with E-state index in [2.05, 4.69) is 4.98 Å². The number of aliphatic hydroxyl groups is 2. The zero-order valence-corrected chi connectivity index (χ0v) is 8.35. The SMILES string of the molecule is Cc1cccc(N(CCO)CCO)n1. The van der Waals surface area contributed by atoms with Crippen LogP contribution in [-0.4, -0.2) is 41.5 Å². The predicted octanol–water partition coefficient (Wildman–Crippen LogP) is 0.181.